The Morgan fingerprint density at radius 3 is 2.00 bits per heavy atom. The number of methoxy groups -OCH3 is 3. The number of amides is 1. The summed E-state index contributed by atoms with van der Waals surface area (Å²) in [4.78, 5) is 14.5. The fourth-order valence-corrected chi connectivity index (χ4v) is 2.60. The van der Waals surface area contributed by atoms with Crippen LogP contribution in [0.3, 0.4) is 0 Å². The molecule has 0 heterocycles. The van der Waals surface area contributed by atoms with Crippen LogP contribution in [0.15, 0.2) is 36.4 Å². The summed E-state index contributed by atoms with van der Waals surface area (Å²) >= 11 is 0. The first-order valence-electron chi connectivity index (χ1n) is 8.34. The van der Waals surface area contributed by atoms with Crippen LogP contribution in [-0.2, 0) is 6.42 Å². The lowest BCUT2D eigenvalue weighted by Gasteiger charge is -2.14. The Hall–Kier alpha value is -2.89. The number of carbonyl (C=O) groups excluding carboxylic acids is 1. The van der Waals surface area contributed by atoms with Gasteiger partial charge in [-0.1, -0.05) is 12.1 Å². The minimum absolute atomic E-state index is 0.186. The molecule has 1 N–H and O–H groups in total. The van der Waals surface area contributed by atoms with Crippen molar-refractivity contribution in [3.8, 4) is 17.2 Å². The van der Waals surface area contributed by atoms with E-state index in [2.05, 4.69) is 34.5 Å². The molecule has 2 rings (SSSR count). The van der Waals surface area contributed by atoms with Gasteiger partial charge in [0.25, 0.3) is 5.91 Å². The topological polar surface area (TPSA) is 60.0 Å². The zero-order chi connectivity index (χ0) is 19.1. The fraction of sp³-hybridized carbons (Fsp3) is 0.350. The van der Waals surface area contributed by atoms with E-state index in [0.29, 0.717) is 29.4 Å². The number of anilines is 1. The molecular formula is C20H26N2O4. The molecule has 0 fully saturated rings. The van der Waals surface area contributed by atoms with Crippen LogP contribution in [0.5, 0.6) is 17.2 Å². The van der Waals surface area contributed by atoms with Crippen LogP contribution in [0.2, 0.25) is 0 Å². The van der Waals surface area contributed by atoms with Gasteiger partial charge in [0.05, 0.1) is 21.3 Å². The lowest BCUT2D eigenvalue weighted by atomic mass is 10.1. The molecule has 0 aliphatic rings. The molecule has 0 bridgehead atoms. The monoisotopic (exact) mass is 358 g/mol. The Labute approximate surface area is 154 Å². The van der Waals surface area contributed by atoms with E-state index >= 15 is 0 Å². The van der Waals surface area contributed by atoms with E-state index in [1.54, 1.807) is 12.1 Å². The minimum Gasteiger partial charge on any atom is -0.493 e. The van der Waals surface area contributed by atoms with Crippen LogP contribution < -0.4 is 24.4 Å². The van der Waals surface area contributed by atoms with Crippen molar-refractivity contribution in [2.45, 2.75) is 6.42 Å². The van der Waals surface area contributed by atoms with Gasteiger partial charge in [0.2, 0.25) is 5.75 Å². The number of benzene rings is 2. The Balaban J connectivity index is 2.01. The first-order valence-corrected chi connectivity index (χ1v) is 8.34. The van der Waals surface area contributed by atoms with Gasteiger partial charge in [-0.15, -0.1) is 0 Å². The normalized spacial score (nSPS) is 10.2. The van der Waals surface area contributed by atoms with Crippen molar-refractivity contribution < 1.29 is 19.0 Å². The van der Waals surface area contributed by atoms with Gasteiger partial charge < -0.3 is 24.4 Å². The summed E-state index contributed by atoms with van der Waals surface area (Å²) in [5, 5.41) is 2.92. The highest BCUT2D eigenvalue weighted by atomic mass is 16.5. The van der Waals surface area contributed by atoms with E-state index in [0.717, 1.165) is 12.1 Å². The van der Waals surface area contributed by atoms with Crippen LogP contribution in [0.4, 0.5) is 5.69 Å². The molecule has 140 valence electrons. The lowest BCUT2D eigenvalue weighted by molar-refractivity contribution is 0.0953. The number of hydrogen-bond donors (Lipinski definition) is 1. The van der Waals surface area contributed by atoms with Gasteiger partial charge in [-0.25, -0.2) is 0 Å². The molecular weight excluding hydrogens is 332 g/mol. The number of nitrogens with one attached hydrogen (secondary N) is 1. The molecule has 0 atom stereocenters. The van der Waals surface area contributed by atoms with E-state index in [1.807, 2.05) is 14.1 Å². The molecule has 0 spiro atoms. The molecule has 0 aromatic heterocycles. The molecule has 6 heteroatoms. The van der Waals surface area contributed by atoms with Gasteiger partial charge >= 0.3 is 0 Å². The molecule has 0 unspecified atom stereocenters. The molecule has 0 saturated heterocycles. The van der Waals surface area contributed by atoms with Crippen molar-refractivity contribution in [2.24, 2.45) is 0 Å². The average molecular weight is 358 g/mol. The summed E-state index contributed by atoms with van der Waals surface area (Å²) in [5.41, 5.74) is 2.78. The van der Waals surface area contributed by atoms with Crippen molar-refractivity contribution in [3.05, 3.63) is 47.5 Å². The SMILES string of the molecule is COc1cc(C(=O)NCCc2ccc(N(C)C)cc2)cc(OC)c1OC. The third kappa shape index (κ3) is 4.59. The maximum Gasteiger partial charge on any atom is 0.251 e. The molecule has 0 aliphatic carbocycles. The second-order valence-corrected chi connectivity index (χ2v) is 5.98. The van der Waals surface area contributed by atoms with Crippen LogP contribution in [-0.4, -0.2) is 47.9 Å². The number of ether oxygens (including phenoxy) is 3. The molecule has 26 heavy (non-hydrogen) atoms. The molecule has 1 amide bonds. The lowest BCUT2D eigenvalue weighted by Crippen LogP contribution is -2.25. The van der Waals surface area contributed by atoms with E-state index in [4.69, 9.17) is 14.2 Å². The van der Waals surface area contributed by atoms with Crippen LogP contribution in [0, 0.1) is 0 Å². The molecule has 2 aromatic carbocycles. The maximum atomic E-state index is 12.4. The van der Waals surface area contributed by atoms with Gasteiger partial charge in [-0.05, 0) is 36.2 Å². The first-order chi connectivity index (χ1) is 12.5. The van der Waals surface area contributed by atoms with Gasteiger partial charge in [0.1, 0.15) is 0 Å². The van der Waals surface area contributed by atoms with Crippen molar-refractivity contribution >= 4 is 11.6 Å². The van der Waals surface area contributed by atoms with Crippen LogP contribution in [0.25, 0.3) is 0 Å². The molecule has 0 aliphatic heterocycles. The molecule has 0 radical (unpaired) electrons. The summed E-state index contributed by atoms with van der Waals surface area (Å²) in [6.07, 6.45) is 0.754. The van der Waals surface area contributed by atoms with Gasteiger partial charge in [0, 0.05) is 31.9 Å². The third-order valence-corrected chi connectivity index (χ3v) is 4.08. The Morgan fingerprint density at radius 2 is 1.54 bits per heavy atom. The van der Waals surface area contributed by atoms with Crippen molar-refractivity contribution in [2.75, 3.05) is 46.9 Å². The van der Waals surface area contributed by atoms with Crippen molar-refractivity contribution in [3.63, 3.8) is 0 Å². The maximum absolute atomic E-state index is 12.4. The summed E-state index contributed by atoms with van der Waals surface area (Å²) in [7, 11) is 8.59. The number of rotatable bonds is 8. The van der Waals surface area contributed by atoms with E-state index < -0.39 is 0 Å². The molecule has 0 saturated carbocycles. The van der Waals surface area contributed by atoms with Gasteiger partial charge in [-0.3, -0.25) is 4.79 Å². The number of nitrogens with zero attached hydrogens (tertiary/aromatic N) is 1. The highest BCUT2D eigenvalue weighted by Gasteiger charge is 2.16. The van der Waals surface area contributed by atoms with Crippen LogP contribution in [0.1, 0.15) is 15.9 Å². The van der Waals surface area contributed by atoms with E-state index in [9.17, 15) is 4.79 Å². The Kier molecular flexibility index (Phi) is 6.72. The molecule has 6 nitrogen and oxygen atoms in total. The predicted molar refractivity (Wildman–Crippen MR) is 103 cm³/mol. The molecule has 2 aromatic rings. The average Bonchev–Trinajstić information content (AvgIpc) is 2.66. The van der Waals surface area contributed by atoms with E-state index in [1.165, 1.54) is 26.9 Å². The third-order valence-electron chi connectivity index (χ3n) is 4.08. The van der Waals surface area contributed by atoms with Crippen LogP contribution >= 0.6 is 0 Å². The number of carbonyl (C=O) groups is 1. The zero-order valence-electron chi connectivity index (χ0n) is 16.0. The number of hydrogen-bond acceptors (Lipinski definition) is 5. The summed E-state index contributed by atoms with van der Waals surface area (Å²) < 4.78 is 15.8. The predicted octanol–water partition coefficient (Wildman–Crippen LogP) is 2.75. The summed E-state index contributed by atoms with van der Waals surface area (Å²) in [5.74, 6) is 1.19. The van der Waals surface area contributed by atoms with E-state index in [-0.39, 0.29) is 5.91 Å². The fourth-order valence-electron chi connectivity index (χ4n) is 2.60. The highest BCUT2D eigenvalue weighted by Crippen LogP contribution is 2.38. The Bertz CT molecular complexity index is 717. The Morgan fingerprint density at radius 1 is 0.962 bits per heavy atom. The smallest absolute Gasteiger partial charge is 0.251 e. The van der Waals surface area contributed by atoms with Gasteiger partial charge in [0.15, 0.2) is 11.5 Å². The standard InChI is InChI=1S/C20H26N2O4/c1-22(2)16-8-6-14(7-9-16)10-11-21-20(23)15-12-17(24-3)19(26-5)18(13-15)25-4/h6-9,12-13H,10-11H2,1-5H3,(H,21,23). The second kappa shape index (κ2) is 8.99. The zero-order valence-corrected chi connectivity index (χ0v) is 16.0. The summed E-state index contributed by atoms with van der Waals surface area (Å²) in [6, 6.07) is 11.6. The summed E-state index contributed by atoms with van der Waals surface area (Å²) in [6.45, 7) is 0.538. The minimum atomic E-state index is -0.186. The van der Waals surface area contributed by atoms with Crippen molar-refractivity contribution in [1.82, 2.24) is 5.32 Å². The highest BCUT2D eigenvalue weighted by molar-refractivity contribution is 5.95. The van der Waals surface area contributed by atoms with Gasteiger partial charge in [-0.2, -0.15) is 0 Å². The first kappa shape index (κ1) is 19.4. The van der Waals surface area contributed by atoms with Crippen molar-refractivity contribution in [1.29, 1.82) is 0 Å². The largest absolute Gasteiger partial charge is 0.493 e. The quantitative estimate of drug-likeness (QED) is 0.786. The second-order valence-electron chi connectivity index (χ2n) is 5.98.